The van der Waals surface area contributed by atoms with E-state index in [0.29, 0.717) is 11.5 Å². The number of methoxy groups -OCH3 is 1. The molecule has 0 fully saturated rings. The summed E-state index contributed by atoms with van der Waals surface area (Å²) in [4.78, 5) is 0. The molecular formula is C16H17F2NO2. The quantitative estimate of drug-likeness (QED) is 0.916. The summed E-state index contributed by atoms with van der Waals surface area (Å²) in [7, 11) is 1.54. The molecule has 112 valence electrons. The number of hydrogen-bond donors (Lipinski definition) is 1. The van der Waals surface area contributed by atoms with Crippen molar-refractivity contribution >= 4 is 0 Å². The van der Waals surface area contributed by atoms with Crippen molar-refractivity contribution in [2.24, 2.45) is 5.73 Å². The molecule has 0 radical (unpaired) electrons. The van der Waals surface area contributed by atoms with E-state index in [4.69, 9.17) is 15.2 Å². The van der Waals surface area contributed by atoms with Crippen LogP contribution in [0.2, 0.25) is 0 Å². The second-order valence-electron chi connectivity index (χ2n) is 4.69. The van der Waals surface area contributed by atoms with Crippen LogP contribution in [0.15, 0.2) is 36.4 Å². The molecular weight excluding hydrogens is 276 g/mol. The van der Waals surface area contributed by atoms with E-state index < -0.39 is 11.6 Å². The fraction of sp³-hybridized carbons (Fsp3) is 0.250. The first-order valence-electron chi connectivity index (χ1n) is 6.52. The lowest BCUT2D eigenvalue weighted by Crippen LogP contribution is -2.09. The summed E-state index contributed by atoms with van der Waals surface area (Å²) in [5.74, 6) is -0.695. The summed E-state index contributed by atoms with van der Waals surface area (Å²) in [6.45, 7) is 1.73. The van der Waals surface area contributed by atoms with Crippen molar-refractivity contribution in [3.05, 3.63) is 59.2 Å². The minimum atomic E-state index is -0.900. The van der Waals surface area contributed by atoms with Gasteiger partial charge in [0.1, 0.15) is 18.1 Å². The summed E-state index contributed by atoms with van der Waals surface area (Å²) in [5, 5.41) is 0. The number of rotatable bonds is 5. The zero-order valence-electron chi connectivity index (χ0n) is 11.9. The van der Waals surface area contributed by atoms with Crippen molar-refractivity contribution in [1.29, 1.82) is 0 Å². The summed E-state index contributed by atoms with van der Waals surface area (Å²) < 4.78 is 37.5. The number of ether oxygens (including phenoxy) is 2. The van der Waals surface area contributed by atoms with Gasteiger partial charge < -0.3 is 15.2 Å². The second-order valence-corrected chi connectivity index (χ2v) is 4.69. The molecule has 0 aliphatic heterocycles. The molecule has 0 amide bonds. The highest BCUT2D eigenvalue weighted by molar-refractivity contribution is 5.42. The van der Waals surface area contributed by atoms with Crippen molar-refractivity contribution in [1.82, 2.24) is 0 Å². The minimum Gasteiger partial charge on any atom is -0.497 e. The molecule has 0 heterocycles. The second kappa shape index (κ2) is 6.54. The Morgan fingerprint density at radius 1 is 1.19 bits per heavy atom. The Morgan fingerprint density at radius 3 is 2.62 bits per heavy atom. The Hall–Kier alpha value is -2.14. The highest BCUT2D eigenvalue weighted by Gasteiger charge is 2.12. The minimum absolute atomic E-state index is 0.0868. The van der Waals surface area contributed by atoms with Crippen molar-refractivity contribution in [3.8, 4) is 11.5 Å². The number of halogens is 2. The number of benzene rings is 2. The first kappa shape index (κ1) is 15.3. The van der Waals surface area contributed by atoms with Gasteiger partial charge in [-0.15, -0.1) is 0 Å². The molecule has 0 aliphatic carbocycles. The largest absolute Gasteiger partial charge is 0.497 e. The molecule has 5 heteroatoms. The maximum absolute atomic E-state index is 13.6. The molecule has 2 aromatic rings. The predicted molar refractivity (Wildman–Crippen MR) is 76.3 cm³/mol. The summed E-state index contributed by atoms with van der Waals surface area (Å²) in [5.41, 5.74) is 6.79. The van der Waals surface area contributed by atoms with Gasteiger partial charge in [0.15, 0.2) is 11.6 Å². The first-order chi connectivity index (χ1) is 10.0. The lowest BCUT2D eigenvalue weighted by Gasteiger charge is -2.15. The Labute approximate surface area is 122 Å². The van der Waals surface area contributed by atoms with Crippen LogP contribution in [0.3, 0.4) is 0 Å². The standard InChI is InChI=1S/C16H17F2NO2/c1-10(19)13-7-6-12(20-2)8-15(13)21-9-11-4-3-5-14(17)16(11)18/h3-8,10H,9,19H2,1-2H3. The summed E-state index contributed by atoms with van der Waals surface area (Å²) in [6.07, 6.45) is 0. The Morgan fingerprint density at radius 2 is 1.95 bits per heavy atom. The van der Waals surface area contributed by atoms with Gasteiger partial charge in [-0.3, -0.25) is 0 Å². The molecule has 2 N–H and O–H groups in total. The third-order valence-electron chi connectivity index (χ3n) is 3.13. The van der Waals surface area contributed by atoms with Crippen LogP contribution >= 0.6 is 0 Å². The van der Waals surface area contributed by atoms with E-state index in [-0.39, 0.29) is 18.2 Å². The van der Waals surface area contributed by atoms with E-state index in [0.717, 1.165) is 11.6 Å². The van der Waals surface area contributed by atoms with Gasteiger partial charge >= 0.3 is 0 Å². The number of nitrogens with two attached hydrogens (primary N) is 1. The van der Waals surface area contributed by atoms with Crippen LogP contribution in [-0.2, 0) is 6.61 Å². The van der Waals surface area contributed by atoms with Gasteiger partial charge in [-0.1, -0.05) is 18.2 Å². The highest BCUT2D eigenvalue weighted by atomic mass is 19.2. The van der Waals surface area contributed by atoms with Gasteiger partial charge in [0.2, 0.25) is 0 Å². The fourth-order valence-electron chi connectivity index (χ4n) is 1.96. The lowest BCUT2D eigenvalue weighted by atomic mass is 10.1. The molecule has 1 atom stereocenters. The topological polar surface area (TPSA) is 44.5 Å². The van der Waals surface area contributed by atoms with Gasteiger partial charge in [0.25, 0.3) is 0 Å². The average Bonchev–Trinajstić information content (AvgIpc) is 2.48. The van der Waals surface area contributed by atoms with Crippen LogP contribution in [0.1, 0.15) is 24.1 Å². The Balaban J connectivity index is 2.24. The Kier molecular flexibility index (Phi) is 4.75. The molecule has 0 spiro atoms. The van der Waals surface area contributed by atoms with Gasteiger partial charge in [0, 0.05) is 23.2 Å². The van der Waals surface area contributed by atoms with Gasteiger partial charge in [0.05, 0.1) is 7.11 Å². The molecule has 0 bridgehead atoms. The molecule has 3 nitrogen and oxygen atoms in total. The van der Waals surface area contributed by atoms with Gasteiger partial charge in [-0.25, -0.2) is 8.78 Å². The fourth-order valence-corrected chi connectivity index (χ4v) is 1.96. The smallest absolute Gasteiger partial charge is 0.165 e. The van der Waals surface area contributed by atoms with Crippen molar-refractivity contribution < 1.29 is 18.3 Å². The molecule has 0 aromatic heterocycles. The van der Waals surface area contributed by atoms with Crippen LogP contribution < -0.4 is 15.2 Å². The van der Waals surface area contributed by atoms with Gasteiger partial charge in [-0.05, 0) is 19.1 Å². The van der Waals surface area contributed by atoms with E-state index >= 15 is 0 Å². The highest BCUT2D eigenvalue weighted by Crippen LogP contribution is 2.29. The molecule has 0 aliphatic rings. The van der Waals surface area contributed by atoms with Crippen molar-refractivity contribution in [2.75, 3.05) is 7.11 Å². The molecule has 2 aromatic carbocycles. The van der Waals surface area contributed by atoms with Crippen LogP contribution in [0.4, 0.5) is 8.78 Å². The Bertz CT molecular complexity index is 630. The third-order valence-corrected chi connectivity index (χ3v) is 3.13. The molecule has 1 unspecified atom stereocenters. The molecule has 0 saturated carbocycles. The predicted octanol–water partition coefficient (Wildman–Crippen LogP) is 3.57. The maximum atomic E-state index is 13.6. The van der Waals surface area contributed by atoms with Crippen LogP contribution in [0.5, 0.6) is 11.5 Å². The van der Waals surface area contributed by atoms with E-state index in [1.165, 1.54) is 19.2 Å². The molecule has 0 saturated heterocycles. The maximum Gasteiger partial charge on any atom is 0.165 e. The van der Waals surface area contributed by atoms with E-state index in [1.54, 1.807) is 18.2 Å². The monoisotopic (exact) mass is 293 g/mol. The lowest BCUT2D eigenvalue weighted by molar-refractivity contribution is 0.290. The first-order valence-corrected chi connectivity index (χ1v) is 6.52. The van der Waals surface area contributed by atoms with E-state index in [2.05, 4.69) is 0 Å². The third kappa shape index (κ3) is 3.49. The van der Waals surface area contributed by atoms with Crippen LogP contribution in [-0.4, -0.2) is 7.11 Å². The molecule has 2 rings (SSSR count). The average molecular weight is 293 g/mol. The van der Waals surface area contributed by atoms with Crippen molar-refractivity contribution in [2.45, 2.75) is 19.6 Å². The van der Waals surface area contributed by atoms with Crippen LogP contribution in [0, 0.1) is 11.6 Å². The van der Waals surface area contributed by atoms with Crippen LogP contribution in [0.25, 0.3) is 0 Å². The zero-order valence-corrected chi connectivity index (χ0v) is 11.9. The molecule has 21 heavy (non-hydrogen) atoms. The number of hydrogen-bond acceptors (Lipinski definition) is 3. The zero-order chi connectivity index (χ0) is 15.4. The van der Waals surface area contributed by atoms with Gasteiger partial charge in [-0.2, -0.15) is 0 Å². The van der Waals surface area contributed by atoms with E-state index in [9.17, 15) is 8.78 Å². The van der Waals surface area contributed by atoms with Crippen molar-refractivity contribution in [3.63, 3.8) is 0 Å². The normalized spacial score (nSPS) is 12.0. The van der Waals surface area contributed by atoms with E-state index in [1.807, 2.05) is 6.92 Å². The SMILES string of the molecule is COc1ccc(C(C)N)c(OCc2cccc(F)c2F)c1. The summed E-state index contributed by atoms with van der Waals surface area (Å²) in [6, 6.07) is 8.98. The summed E-state index contributed by atoms with van der Waals surface area (Å²) >= 11 is 0.